The number of aliphatic hydroxyl groups excluding tert-OH is 1. The van der Waals surface area contributed by atoms with Crippen molar-refractivity contribution in [3.63, 3.8) is 0 Å². The predicted molar refractivity (Wildman–Crippen MR) is 99.7 cm³/mol. The molecule has 0 amide bonds. The molecule has 0 aliphatic carbocycles. The molecule has 3 aromatic rings. The van der Waals surface area contributed by atoms with E-state index in [1.807, 2.05) is 0 Å². The highest BCUT2D eigenvalue weighted by Gasteiger charge is 2.24. The summed E-state index contributed by atoms with van der Waals surface area (Å²) in [6, 6.07) is 5.58. The van der Waals surface area contributed by atoms with Crippen LogP contribution in [0.4, 0.5) is 8.78 Å². The van der Waals surface area contributed by atoms with Gasteiger partial charge in [0.1, 0.15) is 11.5 Å². The van der Waals surface area contributed by atoms with Crippen molar-refractivity contribution in [3.8, 4) is 17.5 Å². The van der Waals surface area contributed by atoms with Gasteiger partial charge in [0.2, 0.25) is 0 Å². The summed E-state index contributed by atoms with van der Waals surface area (Å²) in [4.78, 5) is 29.4. The molecule has 0 radical (unpaired) electrons. The monoisotopic (exact) mass is 410 g/mol. The molecule has 0 spiro atoms. The highest BCUT2D eigenvalue weighted by atomic mass is 19.3. The van der Waals surface area contributed by atoms with Gasteiger partial charge >= 0.3 is 17.8 Å². The van der Waals surface area contributed by atoms with E-state index in [2.05, 4.69) is 9.72 Å². The lowest BCUT2D eigenvalue weighted by Gasteiger charge is -2.13. The maximum atomic E-state index is 13.1. The van der Waals surface area contributed by atoms with E-state index >= 15 is 0 Å². The Kier molecular flexibility index (Phi) is 5.42. The minimum absolute atomic E-state index is 0.00702. The van der Waals surface area contributed by atoms with E-state index in [1.165, 1.54) is 47.5 Å². The van der Waals surface area contributed by atoms with Crippen LogP contribution >= 0.6 is 0 Å². The van der Waals surface area contributed by atoms with Crippen LogP contribution in [0.5, 0.6) is 17.5 Å². The van der Waals surface area contributed by atoms with Gasteiger partial charge < -0.3 is 14.6 Å². The molecule has 0 aliphatic heterocycles. The van der Waals surface area contributed by atoms with Crippen LogP contribution in [0, 0.1) is 0 Å². The zero-order valence-electron chi connectivity index (χ0n) is 16.1. The molecular formula is C18H20F2N4O5. The molecular weight excluding hydrogens is 390 g/mol. The van der Waals surface area contributed by atoms with E-state index in [0.717, 1.165) is 4.57 Å². The molecule has 0 aliphatic rings. The number of benzene rings is 1. The number of nitrogens with zero attached hydrogens (tertiary/aromatic N) is 4. The van der Waals surface area contributed by atoms with Crippen molar-refractivity contribution in [2.75, 3.05) is 6.61 Å². The van der Waals surface area contributed by atoms with Crippen molar-refractivity contribution in [2.24, 2.45) is 14.1 Å². The third-order valence-corrected chi connectivity index (χ3v) is 4.17. The van der Waals surface area contributed by atoms with Gasteiger partial charge in [0.25, 0.3) is 5.56 Å². The van der Waals surface area contributed by atoms with Crippen LogP contribution < -0.4 is 20.7 Å². The Balaban J connectivity index is 2.04. The average Bonchev–Trinajstić information content (AvgIpc) is 2.95. The molecule has 9 nitrogen and oxygen atoms in total. The third kappa shape index (κ3) is 4.14. The zero-order chi connectivity index (χ0) is 21.3. The zero-order valence-corrected chi connectivity index (χ0v) is 16.1. The summed E-state index contributed by atoms with van der Waals surface area (Å²) in [7, 11) is 3.00. The smallest absolute Gasteiger partial charge is 0.394 e. The Morgan fingerprint density at radius 3 is 2.52 bits per heavy atom. The largest absolute Gasteiger partial charge is 0.433 e. The van der Waals surface area contributed by atoms with Crippen molar-refractivity contribution in [1.82, 2.24) is 18.7 Å². The summed E-state index contributed by atoms with van der Waals surface area (Å²) >= 11 is 0. The molecule has 1 aromatic carbocycles. The van der Waals surface area contributed by atoms with Crippen molar-refractivity contribution in [2.45, 2.75) is 26.0 Å². The summed E-state index contributed by atoms with van der Waals surface area (Å²) < 4.78 is 39.9. The van der Waals surface area contributed by atoms with Gasteiger partial charge in [-0.1, -0.05) is 6.07 Å². The Morgan fingerprint density at radius 2 is 1.86 bits per heavy atom. The normalized spacial score (nSPS) is 11.8. The fourth-order valence-corrected chi connectivity index (χ4v) is 2.85. The number of hydrogen-bond donors (Lipinski definition) is 1. The first-order valence-electron chi connectivity index (χ1n) is 8.74. The molecule has 29 heavy (non-hydrogen) atoms. The molecule has 0 saturated carbocycles. The fraction of sp³-hybridized carbons (Fsp3) is 0.389. The Hall–Kier alpha value is -3.21. The number of imidazole rings is 1. The van der Waals surface area contributed by atoms with Crippen molar-refractivity contribution >= 4 is 11.2 Å². The summed E-state index contributed by atoms with van der Waals surface area (Å²) in [6.07, 6.45) is -3.11. The SMILES string of the molecule is Cn1c(Oc2cccc(OC(C)(F)F)c2)nc2c1c(=O)n(CCCO)c(=O)n2C. The lowest BCUT2D eigenvalue weighted by Crippen LogP contribution is -2.39. The molecule has 11 heteroatoms. The predicted octanol–water partition coefficient (Wildman–Crippen LogP) is 1.60. The summed E-state index contributed by atoms with van der Waals surface area (Å²) in [5.74, 6) is 0.0586. The second kappa shape index (κ2) is 7.66. The first-order valence-corrected chi connectivity index (χ1v) is 8.74. The number of aryl methyl sites for hydroxylation is 2. The Bertz CT molecular complexity index is 1160. The lowest BCUT2D eigenvalue weighted by atomic mass is 10.3. The van der Waals surface area contributed by atoms with Crippen molar-refractivity contribution in [1.29, 1.82) is 0 Å². The van der Waals surface area contributed by atoms with Crippen LogP contribution in [0.25, 0.3) is 11.2 Å². The molecule has 0 fully saturated rings. The van der Waals surface area contributed by atoms with Gasteiger partial charge in [-0.25, -0.2) is 4.79 Å². The molecule has 0 bridgehead atoms. The van der Waals surface area contributed by atoms with E-state index in [1.54, 1.807) is 0 Å². The van der Waals surface area contributed by atoms with E-state index in [-0.39, 0.29) is 48.2 Å². The molecule has 2 aromatic heterocycles. The Labute approximate surface area is 163 Å². The van der Waals surface area contributed by atoms with Gasteiger partial charge in [0, 0.05) is 40.2 Å². The van der Waals surface area contributed by atoms with E-state index in [0.29, 0.717) is 6.92 Å². The second-order valence-electron chi connectivity index (χ2n) is 6.49. The molecule has 156 valence electrons. The maximum absolute atomic E-state index is 13.1. The van der Waals surface area contributed by atoms with Crippen LogP contribution in [0.2, 0.25) is 0 Å². The first-order chi connectivity index (χ1) is 13.6. The third-order valence-electron chi connectivity index (χ3n) is 4.17. The molecule has 2 heterocycles. The van der Waals surface area contributed by atoms with Crippen LogP contribution in [-0.4, -0.2) is 36.5 Å². The first kappa shape index (κ1) is 20.5. The summed E-state index contributed by atoms with van der Waals surface area (Å²) in [6.45, 7) is 0.515. The van der Waals surface area contributed by atoms with Crippen LogP contribution in [-0.2, 0) is 20.6 Å². The molecule has 1 N–H and O–H groups in total. The van der Waals surface area contributed by atoms with Crippen molar-refractivity contribution < 1.29 is 23.4 Å². The number of rotatable bonds is 7. The minimum Gasteiger partial charge on any atom is -0.433 e. The fourth-order valence-electron chi connectivity index (χ4n) is 2.85. The van der Waals surface area contributed by atoms with Gasteiger partial charge in [-0.2, -0.15) is 13.8 Å². The molecule has 0 unspecified atom stereocenters. The van der Waals surface area contributed by atoms with E-state index in [4.69, 9.17) is 9.84 Å². The van der Waals surface area contributed by atoms with Gasteiger partial charge in [-0.3, -0.25) is 18.5 Å². The highest BCUT2D eigenvalue weighted by molar-refractivity contribution is 5.71. The standard InChI is InChI=1S/C18H20F2N4O5/c1-18(19,20)29-12-7-4-6-11(10-12)28-16-21-14-13(22(16)2)15(26)24(8-5-9-25)17(27)23(14)3/h4,6-7,10,25H,5,8-9H2,1-3H3. The van der Waals surface area contributed by atoms with Crippen molar-refractivity contribution in [3.05, 3.63) is 45.1 Å². The van der Waals surface area contributed by atoms with E-state index < -0.39 is 17.4 Å². The number of alkyl halides is 2. The number of halogens is 2. The number of hydrogen-bond acceptors (Lipinski definition) is 6. The van der Waals surface area contributed by atoms with Gasteiger partial charge in [0.05, 0.1) is 0 Å². The molecule has 3 rings (SSSR count). The number of fused-ring (bicyclic) bond motifs is 1. The molecule has 0 atom stereocenters. The van der Waals surface area contributed by atoms with Crippen LogP contribution in [0.3, 0.4) is 0 Å². The topological polar surface area (TPSA) is 101 Å². The van der Waals surface area contributed by atoms with Gasteiger partial charge in [0.15, 0.2) is 11.2 Å². The van der Waals surface area contributed by atoms with E-state index in [9.17, 15) is 18.4 Å². The quantitative estimate of drug-likeness (QED) is 0.635. The van der Waals surface area contributed by atoms with Gasteiger partial charge in [-0.05, 0) is 18.6 Å². The second-order valence-corrected chi connectivity index (χ2v) is 6.49. The molecule has 0 saturated heterocycles. The number of aliphatic hydroxyl groups is 1. The lowest BCUT2D eigenvalue weighted by molar-refractivity contribution is -0.158. The Morgan fingerprint density at radius 1 is 1.17 bits per heavy atom. The number of ether oxygens (including phenoxy) is 2. The summed E-state index contributed by atoms with van der Waals surface area (Å²) in [5, 5.41) is 8.99. The minimum atomic E-state index is -3.35. The average molecular weight is 410 g/mol. The maximum Gasteiger partial charge on any atom is 0.394 e. The van der Waals surface area contributed by atoms with Crippen LogP contribution in [0.1, 0.15) is 13.3 Å². The number of aromatic nitrogens is 4. The highest BCUT2D eigenvalue weighted by Crippen LogP contribution is 2.28. The van der Waals surface area contributed by atoms with Crippen LogP contribution in [0.15, 0.2) is 33.9 Å². The summed E-state index contributed by atoms with van der Waals surface area (Å²) in [5.41, 5.74) is -0.886. The van der Waals surface area contributed by atoms with Gasteiger partial charge in [-0.15, -0.1) is 0 Å².